The summed E-state index contributed by atoms with van der Waals surface area (Å²) < 4.78 is 55.3. The zero-order valence-electron chi connectivity index (χ0n) is 17.3. The number of nitrogens with zero attached hydrogens (tertiary/aromatic N) is 1. The maximum absolute atomic E-state index is 14.9. The van der Waals surface area contributed by atoms with Crippen LogP contribution in [0, 0.1) is 21.7 Å². The summed E-state index contributed by atoms with van der Waals surface area (Å²) in [6.45, 7) is 0. The lowest BCUT2D eigenvalue weighted by atomic mass is 9.93. The SMILES string of the molecule is Bc1ccc(-c2ccc(-c3ccc(S(=O)(=O)c4ccc([N+](=O)[O-])cc4)cc3)c(F)c2F)cc1. The Morgan fingerprint density at radius 2 is 1.06 bits per heavy atom. The van der Waals surface area contributed by atoms with Crippen LogP contribution in [0.2, 0.25) is 0 Å². The molecule has 0 spiro atoms. The topological polar surface area (TPSA) is 77.3 Å². The third kappa shape index (κ3) is 4.27. The van der Waals surface area contributed by atoms with E-state index in [0.29, 0.717) is 11.1 Å². The number of halogens is 2. The third-order valence-corrected chi connectivity index (χ3v) is 7.06. The second-order valence-electron chi connectivity index (χ2n) is 7.43. The maximum Gasteiger partial charge on any atom is 0.269 e. The molecule has 5 nitrogen and oxygen atoms in total. The molecular weight excluding hydrogens is 447 g/mol. The minimum absolute atomic E-state index is 0.00245. The van der Waals surface area contributed by atoms with E-state index in [1.807, 2.05) is 20.0 Å². The van der Waals surface area contributed by atoms with Crippen molar-refractivity contribution in [2.24, 2.45) is 0 Å². The summed E-state index contributed by atoms with van der Waals surface area (Å²) in [5.41, 5.74) is 1.77. The molecule has 164 valence electrons. The van der Waals surface area contributed by atoms with E-state index in [4.69, 9.17) is 0 Å². The molecule has 4 rings (SSSR count). The first-order valence-electron chi connectivity index (χ1n) is 9.83. The van der Waals surface area contributed by atoms with Gasteiger partial charge in [-0.1, -0.05) is 54.0 Å². The van der Waals surface area contributed by atoms with Crippen LogP contribution in [0.4, 0.5) is 14.5 Å². The molecule has 0 aromatic heterocycles. The van der Waals surface area contributed by atoms with Crippen molar-refractivity contribution in [2.45, 2.75) is 9.79 Å². The summed E-state index contributed by atoms with van der Waals surface area (Å²) in [7, 11) is -2.04. The molecule has 0 fully saturated rings. The van der Waals surface area contributed by atoms with E-state index in [2.05, 4.69) is 0 Å². The second kappa shape index (κ2) is 8.59. The van der Waals surface area contributed by atoms with Crippen molar-refractivity contribution in [1.29, 1.82) is 0 Å². The standard InChI is InChI=1S/C24H16BF2NO4S/c25-17-5-1-15(2-6-17)21-13-14-22(24(27)23(21)26)16-3-9-19(10-4-16)33(31,32)20-11-7-18(8-12-20)28(29)30/h1-14H,25H2. The molecule has 0 heterocycles. The largest absolute Gasteiger partial charge is 0.269 e. The molecular formula is C24H16BF2NO4S. The molecule has 0 saturated heterocycles. The molecule has 0 aliphatic heterocycles. The Hall–Kier alpha value is -3.85. The Morgan fingerprint density at radius 1 is 0.667 bits per heavy atom. The van der Waals surface area contributed by atoms with E-state index in [-0.39, 0.29) is 26.6 Å². The van der Waals surface area contributed by atoms with E-state index < -0.39 is 26.4 Å². The monoisotopic (exact) mass is 463 g/mol. The Labute approximate surface area is 189 Å². The number of nitro groups is 1. The molecule has 9 heteroatoms. The average Bonchev–Trinajstić information content (AvgIpc) is 2.82. The van der Waals surface area contributed by atoms with Crippen LogP contribution in [0.25, 0.3) is 22.3 Å². The highest BCUT2D eigenvalue weighted by Crippen LogP contribution is 2.32. The van der Waals surface area contributed by atoms with Crippen LogP contribution in [0.1, 0.15) is 0 Å². The number of non-ortho nitro benzene ring substituents is 1. The highest BCUT2D eigenvalue weighted by Gasteiger charge is 2.20. The first-order valence-corrected chi connectivity index (χ1v) is 11.3. The van der Waals surface area contributed by atoms with Gasteiger partial charge in [-0.2, -0.15) is 0 Å². The molecule has 0 bridgehead atoms. The second-order valence-corrected chi connectivity index (χ2v) is 9.38. The zero-order chi connectivity index (χ0) is 23.8. The fraction of sp³-hybridized carbons (Fsp3) is 0. The Balaban J connectivity index is 1.66. The molecule has 0 aliphatic rings. The van der Waals surface area contributed by atoms with E-state index in [0.717, 1.165) is 29.7 Å². The number of hydrogen-bond acceptors (Lipinski definition) is 4. The maximum atomic E-state index is 14.9. The van der Waals surface area contributed by atoms with Crippen LogP contribution >= 0.6 is 0 Å². The molecule has 0 atom stereocenters. The molecule has 0 aliphatic carbocycles. The molecule has 33 heavy (non-hydrogen) atoms. The van der Waals surface area contributed by atoms with Crippen LogP contribution in [0.5, 0.6) is 0 Å². The first-order chi connectivity index (χ1) is 15.7. The van der Waals surface area contributed by atoms with Crippen LogP contribution < -0.4 is 5.46 Å². The van der Waals surface area contributed by atoms with Crippen LogP contribution in [0.3, 0.4) is 0 Å². The van der Waals surface area contributed by atoms with Gasteiger partial charge in [-0.05, 0) is 35.4 Å². The van der Waals surface area contributed by atoms with E-state index in [9.17, 15) is 27.3 Å². The van der Waals surface area contributed by atoms with Gasteiger partial charge in [-0.3, -0.25) is 10.1 Å². The van der Waals surface area contributed by atoms with Gasteiger partial charge < -0.3 is 0 Å². The van der Waals surface area contributed by atoms with Crippen molar-refractivity contribution in [2.75, 3.05) is 0 Å². The van der Waals surface area contributed by atoms with Gasteiger partial charge in [0.1, 0.15) is 7.85 Å². The van der Waals surface area contributed by atoms with Crippen molar-refractivity contribution in [1.82, 2.24) is 0 Å². The van der Waals surface area contributed by atoms with Crippen LogP contribution in [0.15, 0.2) is 94.7 Å². The smallest absolute Gasteiger partial charge is 0.258 e. The minimum atomic E-state index is -3.94. The molecule has 4 aromatic rings. The van der Waals surface area contributed by atoms with Gasteiger partial charge in [0.2, 0.25) is 9.84 Å². The van der Waals surface area contributed by atoms with Crippen molar-refractivity contribution in [3.63, 3.8) is 0 Å². The Kier molecular flexibility index (Phi) is 5.82. The quantitative estimate of drug-likeness (QED) is 0.251. The summed E-state index contributed by atoms with van der Waals surface area (Å²) >= 11 is 0. The predicted octanol–water partition coefficient (Wildman–Crippen LogP) is 4.30. The number of hydrogen-bond donors (Lipinski definition) is 0. The van der Waals surface area contributed by atoms with E-state index in [1.165, 1.54) is 36.4 Å². The van der Waals surface area contributed by atoms with Crippen LogP contribution in [-0.2, 0) is 9.84 Å². The lowest BCUT2D eigenvalue weighted by Crippen LogP contribution is -2.02. The molecule has 0 radical (unpaired) electrons. The zero-order valence-corrected chi connectivity index (χ0v) is 18.1. The normalized spacial score (nSPS) is 11.3. The lowest BCUT2D eigenvalue weighted by Gasteiger charge is -2.10. The Morgan fingerprint density at radius 3 is 1.48 bits per heavy atom. The predicted molar refractivity (Wildman–Crippen MR) is 124 cm³/mol. The molecule has 0 N–H and O–H groups in total. The van der Waals surface area contributed by atoms with Crippen LogP contribution in [-0.4, -0.2) is 21.2 Å². The number of nitro benzene ring substituents is 1. The van der Waals surface area contributed by atoms with E-state index in [1.54, 1.807) is 12.1 Å². The summed E-state index contributed by atoms with van der Waals surface area (Å²) in [6.07, 6.45) is 0. The third-order valence-electron chi connectivity index (χ3n) is 5.28. The van der Waals surface area contributed by atoms with Gasteiger partial charge in [-0.15, -0.1) is 0 Å². The van der Waals surface area contributed by atoms with Gasteiger partial charge in [0, 0.05) is 23.3 Å². The summed E-state index contributed by atoms with van der Waals surface area (Å²) in [5.74, 6) is -2.02. The number of benzene rings is 4. The van der Waals surface area contributed by atoms with Gasteiger partial charge in [0.05, 0.1) is 14.7 Å². The van der Waals surface area contributed by atoms with Crippen molar-refractivity contribution in [3.05, 3.63) is 107 Å². The fourth-order valence-corrected chi connectivity index (χ4v) is 4.69. The molecule has 4 aromatic carbocycles. The van der Waals surface area contributed by atoms with Crippen molar-refractivity contribution < 1.29 is 22.1 Å². The van der Waals surface area contributed by atoms with Crippen molar-refractivity contribution in [3.8, 4) is 22.3 Å². The van der Waals surface area contributed by atoms with E-state index >= 15 is 0 Å². The summed E-state index contributed by atoms with van der Waals surface area (Å²) in [6, 6.07) is 19.9. The lowest BCUT2D eigenvalue weighted by molar-refractivity contribution is -0.384. The Bertz CT molecular complexity index is 1450. The molecule has 0 amide bonds. The first kappa shape index (κ1) is 22.4. The molecule has 0 saturated carbocycles. The highest BCUT2D eigenvalue weighted by atomic mass is 32.2. The van der Waals surface area contributed by atoms with Gasteiger partial charge in [0.25, 0.3) is 5.69 Å². The summed E-state index contributed by atoms with van der Waals surface area (Å²) in [4.78, 5) is 9.96. The number of rotatable bonds is 5. The van der Waals surface area contributed by atoms with Crippen molar-refractivity contribution >= 4 is 28.8 Å². The minimum Gasteiger partial charge on any atom is -0.258 e. The fourth-order valence-electron chi connectivity index (χ4n) is 3.43. The van der Waals surface area contributed by atoms with Gasteiger partial charge in [0.15, 0.2) is 11.6 Å². The average molecular weight is 463 g/mol. The number of sulfone groups is 1. The molecule has 0 unspecified atom stereocenters. The summed E-state index contributed by atoms with van der Waals surface area (Å²) in [5, 5.41) is 10.8. The highest BCUT2D eigenvalue weighted by molar-refractivity contribution is 7.91. The van der Waals surface area contributed by atoms with Gasteiger partial charge >= 0.3 is 0 Å². The van der Waals surface area contributed by atoms with Gasteiger partial charge in [-0.25, -0.2) is 17.2 Å².